The van der Waals surface area contributed by atoms with Gasteiger partial charge in [0.15, 0.2) is 5.96 Å². The van der Waals surface area contributed by atoms with E-state index in [0.717, 1.165) is 17.2 Å². The van der Waals surface area contributed by atoms with Crippen molar-refractivity contribution in [3.63, 3.8) is 0 Å². The van der Waals surface area contributed by atoms with Crippen LogP contribution in [0, 0.1) is 26.6 Å². The summed E-state index contributed by atoms with van der Waals surface area (Å²) >= 11 is 1.65. The first-order valence-electron chi connectivity index (χ1n) is 8.90. The van der Waals surface area contributed by atoms with E-state index in [1.54, 1.807) is 30.4 Å². The lowest BCUT2D eigenvalue weighted by atomic mass is 10.1. The molecule has 0 unspecified atom stereocenters. The normalized spacial score (nSPS) is 11.0. The van der Waals surface area contributed by atoms with Gasteiger partial charge in [-0.1, -0.05) is 6.07 Å². The van der Waals surface area contributed by atoms with Gasteiger partial charge in [-0.2, -0.15) is 0 Å². The van der Waals surface area contributed by atoms with Crippen molar-refractivity contribution in [1.82, 2.24) is 20.9 Å². The SMILES string of the molecule is CCNC(=NCc1nc(C)c(C)s1)NCCNC(=O)c1ccc(C)c(F)c1.I. The van der Waals surface area contributed by atoms with Crippen LogP contribution >= 0.6 is 35.3 Å². The van der Waals surface area contributed by atoms with Crippen LogP contribution in [0.1, 0.15) is 38.4 Å². The first-order chi connectivity index (χ1) is 12.9. The van der Waals surface area contributed by atoms with Crippen LogP contribution in [0.2, 0.25) is 0 Å². The highest BCUT2D eigenvalue weighted by Gasteiger charge is 2.08. The summed E-state index contributed by atoms with van der Waals surface area (Å²) in [5.74, 6) is -0.0139. The van der Waals surface area contributed by atoms with E-state index < -0.39 is 0 Å². The average molecular weight is 519 g/mol. The number of aryl methyl sites for hydroxylation is 3. The number of hydrogen-bond donors (Lipinski definition) is 3. The van der Waals surface area contributed by atoms with E-state index in [2.05, 4.69) is 25.9 Å². The highest BCUT2D eigenvalue weighted by molar-refractivity contribution is 14.0. The van der Waals surface area contributed by atoms with Gasteiger partial charge >= 0.3 is 0 Å². The molecule has 0 atom stereocenters. The topological polar surface area (TPSA) is 78.4 Å². The van der Waals surface area contributed by atoms with Gasteiger partial charge in [0.2, 0.25) is 0 Å². The largest absolute Gasteiger partial charge is 0.357 e. The molecule has 1 aromatic carbocycles. The molecule has 0 aliphatic rings. The van der Waals surface area contributed by atoms with Gasteiger partial charge in [0.05, 0.1) is 12.2 Å². The second kappa shape index (κ2) is 11.9. The summed E-state index contributed by atoms with van der Waals surface area (Å²) in [5, 5.41) is 10.1. The molecule has 0 saturated carbocycles. The fraction of sp³-hybridized carbons (Fsp3) is 0.421. The molecule has 0 aliphatic carbocycles. The van der Waals surface area contributed by atoms with Crippen molar-refractivity contribution in [2.45, 2.75) is 34.2 Å². The zero-order valence-electron chi connectivity index (χ0n) is 16.6. The third-order valence-electron chi connectivity index (χ3n) is 3.93. The highest BCUT2D eigenvalue weighted by atomic mass is 127. The number of aromatic nitrogens is 1. The van der Waals surface area contributed by atoms with Gasteiger partial charge in [-0.15, -0.1) is 35.3 Å². The van der Waals surface area contributed by atoms with Gasteiger partial charge in [-0.3, -0.25) is 4.79 Å². The minimum atomic E-state index is -0.380. The van der Waals surface area contributed by atoms with Crippen LogP contribution in [0.5, 0.6) is 0 Å². The van der Waals surface area contributed by atoms with Crippen LogP contribution in [0.3, 0.4) is 0 Å². The number of rotatable bonds is 7. The zero-order chi connectivity index (χ0) is 19.8. The lowest BCUT2D eigenvalue weighted by molar-refractivity contribution is 0.0954. The number of thiazole rings is 1. The number of guanidine groups is 1. The molecule has 6 nitrogen and oxygen atoms in total. The summed E-state index contributed by atoms with van der Waals surface area (Å²) in [6, 6.07) is 4.47. The minimum absolute atomic E-state index is 0. The maximum Gasteiger partial charge on any atom is 0.251 e. The average Bonchev–Trinajstić information content (AvgIpc) is 2.96. The molecule has 3 N–H and O–H groups in total. The van der Waals surface area contributed by atoms with Crippen LogP contribution in [-0.2, 0) is 6.54 Å². The number of halogens is 2. The molecule has 2 aromatic rings. The number of hydrogen-bond acceptors (Lipinski definition) is 4. The van der Waals surface area contributed by atoms with Gasteiger partial charge in [-0.25, -0.2) is 14.4 Å². The fourth-order valence-corrected chi connectivity index (χ4v) is 3.15. The van der Waals surface area contributed by atoms with Crippen molar-refractivity contribution < 1.29 is 9.18 Å². The van der Waals surface area contributed by atoms with Crippen LogP contribution in [0.15, 0.2) is 23.2 Å². The molecule has 28 heavy (non-hydrogen) atoms. The van der Waals surface area contributed by atoms with Gasteiger partial charge < -0.3 is 16.0 Å². The van der Waals surface area contributed by atoms with Crippen molar-refractivity contribution in [2.24, 2.45) is 4.99 Å². The Hall–Kier alpha value is -1.75. The van der Waals surface area contributed by atoms with Gasteiger partial charge in [-0.05, 0) is 45.4 Å². The van der Waals surface area contributed by atoms with Crippen molar-refractivity contribution in [3.05, 3.63) is 50.7 Å². The van der Waals surface area contributed by atoms with E-state index in [0.29, 0.717) is 36.7 Å². The first-order valence-corrected chi connectivity index (χ1v) is 9.71. The molecule has 0 aliphatic heterocycles. The summed E-state index contributed by atoms with van der Waals surface area (Å²) < 4.78 is 13.5. The van der Waals surface area contributed by atoms with E-state index in [9.17, 15) is 9.18 Å². The van der Waals surface area contributed by atoms with Crippen LogP contribution in [0.25, 0.3) is 0 Å². The van der Waals surface area contributed by atoms with Crippen LogP contribution in [0.4, 0.5) is 4.39 Å². The van der Waals surface area contributed by atoms with Crippen LogP contribution in [-0.4, -0.2) is 36.5 Å². The molecule has 0 saturated heterocycles. The molecule has 2 rings (SSSR count). The number of nitrogens with zero attached hydrogens (tertiary/aromatic N) is 2. The number of carbonyl (C=O) groups is 1. The number of aliphatic imine (C=N–C) groups is 1. The Bertz CT molecular complexity index is 805. The third kappa shape index (κ3) is 7.34. The first kappa shape index (κ1) is 24.3. The Morgan fingerprint density at radius 1 is 1.18 bits per heavy atom. The maximum atomic E-state index is 13.5. The molecule has 154 valence electrons. The molecule has 0 fully saturated rings. The van der Waals surface area contributed by atoms with Crippen molar-refractivity contribution in [3.8, 4) is 0 Å². The molecular weight excluding hydrogens is 492 g/mol. The van der Waals surface area contributed by atoms with Crippen molar-refractivity contribution >= 4 is 47.2 Å². The van der Waals surface area contributed by atoms with Crippen molar-refractivity contribution in [2.75, 3.05) is 19.6 Å². The molecule has 1 amide bonds. The predicted octanol–water partition coefficient (Wildman–Crippen LogP) is 3.31. The highest BCUT2D eigenvalue weighted by Crippen LogP contribution is 2.16. The Balaban J connectivity index is 0.00000392. The van der Waals surface area contributed by atoms with E-state index in [1.807, 2.05) is 20.8 Å². The Kier molecular flexibility index (Phi) is 10.4. The Morgan fingerprint density at radius 3 is 2.50 bits per heavy atom. The van der Waals surface area contributed by atoms with Crippen molar-refractivity contribution in [1.29, 1.82) is 0 Å². The summed E-state index contributed by atoms with van der Waals surface area (Å²) in [5.41, 5.74) is 1.87. The zero-order valence-corrected chi connectivity index (χ0v) is 19.7. The molecule has 0 spiro atoms. The monoisotopic (exact) mass is 519 g/mol. The van der Waals surface area contributed by atoms with E-state index in [1.165, 1.54) is 10.9 Å². The molecule has 0 bridgehead atoms. The second-order valence-electron chi connectivity index (χ2n) is 6.09. The van der Waals surface area contributed by atoms with Gasteiger partial charge in [0.25, 0.3) is 5.91 Å². The number of carbonyl (C=O) groups excluding carboxylic acids is 1. The van der Waals surface area contributed by atoms with E-state index in [-0.39, 0.29) is 35.7 Å². The number of nitrogens with one attached hydrogen (secondary N) is 3. The minimum Gasteiger partial charge on any atom is -0.357 e. The molecule has 1 heterocycles. The summed E-state index contributed by atoms with van der Waals surface area (Å²) in [4.78, 5) is 22.3. The fourth-order valence-electron chi connectivity index (χ4n) is 2.29. The standard InChI is InChI=1S/C19H26FN5OS.HI/c1-5-21-19(24-11-17-25-13(3)14(4)27-17)23-9-8-22-18(26)15-7-6-12(2)16(20)10-15;/h6-7,10H,5,8-9,11H2,1-4H3,(H,22,26)(H2,21,23,24);1H. The lowest BCUT2D eigenvalue weighted by Crippen LogP contribution is -2.41. The summed E-state index contributed by atoms with van der Waals surface area (Å²) in [6.45, 7) is 9.83. The second-order valence-corrected chi connectivity index (χ2v) is 7.38. The Morgan fingerprint density at radius 2 is 1.89 bits per heavy atom. The number of benzene rings is 1. The van der Waals surface area contributed by atoms with E-state index >= 15 is 0 Å². The predicted molar refractivity (Wildman–Crippen MR) is 123 cm³/mol. The van der Waals surface area contributed by atoms with Gasteiger partial charge in [0, 0.05) is 30.1 Å². The summed E-state index contributed by atoms with van der Waals surface area (Å²) in [7, 11) is 0. The maximum absolute atomic E-state index is 13.5. The lowest BCUT2D eigenvalue weighted by Gasteiger charge is -2.11. The van der Waals surface area contributed by atoms with E-state index in [4.69, 9.17) is 0 Å². The summed E-state index contributed by atoms with van der Waals surface area (Å²) in [6.07, 6.45) is 0. The van der Waals surface area contributed by atoms with Gasteiger partial charge in [0.1, 0.15) is 10.8 Å². The smallest absolute Gasteiger partial charge is 0.251 e. The Labute approximate surface area is 186 Å². The number of amides is 1. The molecule has 9 heteroatoms. The third-order valence-corrected chi connectivity index (χ3v) is 4.98. The van der Waals surface area contributed by atoms with Crippen LogP contribution < -0.4 is 16.0 Å². The molecule has 1 aromatic heterocycles. The molecular formula is C19H27FIN5OS. The quantitative estimate of drug-likeness (QED) is 0.227. The molecule has 0 radical (unpaired) electrons.